The summed E-state index contributed by atoms with van der Waals surface area (Å²) < 4.78 is 31.8. The lowest BCUT2D eigenvalue weighted by molar-refractivity contribution is 0.0393. The van der Waals surface area contributed by atoms with E-state index in [0.717, 1.165) is 0 Å². The third-order valence-corrected chi connectivity index (χ3v) is 5.66. The van der Waals surface area contributed by atoms with Gasteiger partial charge in [0.05, 0.1) is 18.1 Å². The molecule has 0 aromatic heterocycles. The van der Waals surface area contributed by atoms with Crippen LogP contribution in [0.25, 0.3) is 0 Å². The van der Waals surface area contributed by atoms with Crippen LogP contribution in [-0.2, 0) is 14.8 Å². The standard InChI is InChI=1S/C12H17ClN2O3S/c1-8-7-18-4-3-15(8)19(16,17)10-5-11(13)9(2)12(14)6-10/h5-6,8H,3-4,7,14H2,1-2H3. The zero-order valence-corrected chi connectivity index (χ0v) is 12.5. The van der Waals surface area contributed by atoms with Crippen LogP contribution in [0.4, 0.5) is 5.69 Å². The quantitative estimate of drug-likeness (QED) is 0.843. The van der Waals surface area contributed by atoms with Gasteiger partial charge in [0.1, 0.15) is 0 Å². The molecule has 1 aromatic rings. The van der Waals surface area contributed by atoms with Gasteiger partial charge < -0.3 is 10.5 Å². The lowest BCUT2D eigenvalue weighted by Crippen LogP contribution is -2.46. The monoisotopic (exact) mass is 304 g/mol. The second-order valence-corrected chi connectivity index (χ2v) is 6.96. The largest absolute Gasteiger partial charge is 0.398 e. The summed E-state index contributed by atoms with van der Waals surface area (Å²) in [5, 5.41) is 0.361. The Kier molecular flexibility index (Phi) is 4.06. The molecule has 0 amide bonds. The molecule has 106 valence electrons. The molecule has 1 aliphatic rings. The van der Waals surface area contributed by atoms with Gasteiger partial charge in [0.25, 0.3) is 0 Å². The van der Waals surface area contributed by atoms with Crippen LogP contribution in [0.15, 0.2) is 17.0 Å². The van der Waals surface area contributed by atoms with Crippen LogP contribution < -0.4 is 5.73 Å². The predicted octanol–water partition coefficient (Wildman–Crippen LogP) is 1.64. The number of nitrogens with zero attached hydrogens (tertiary/aromatic N) is 1. The number of rotatable bonds is 2. The first-order chi connectivity index (χ1) is 8.84. The van der Waals surface area contributed by atoms with Crippen molar-refractivity contribution in [1.29, 1.82) is 0 Å². The van der Waals surface area contributed by atoms with Crippen LogP contribution in [0.2, 0.25) is 5.02 Å². The molecule has 0 radical (unpaired) electrons. The number of hydrogen-bond acceptors (Lipinski definition) is 4. The van der Waals surface area contributed by atoms with E-state index >= 15 is 0 Å². The molecular weight excluding hydrogens is 288 g/mol. The number of halogens is 1. The summed E-state index contributed by atoms with van der Waals surface area (Å²) in [6, 6.07) is 2.71. The molecule has 2 N–H and O–H groups in total. The van der Waals surface area contributed by atoms with Gasteiger partial charge in [-0.25, -0.2) is 8.42 Å². The average molecular weight is 305 g/mol. The van der Waals surface area contributed by atoms with Gasteiger partial charge in [-0.05, 0) is 31.5 Å². The second-order valence-electron chi connectivity index (χ2n) is 4.66. The topological polar surface area (TPSA) is 72.6 Å². The van der Waals surface area contributed by atoms with Crippen LogP contribution in [-0.4, -0.2) is 38.5 Å². The summed E-state index contributed by atoms with van der Waals surface area (Å²) >= 11 is 6.01. The minimum atomic E-state index is -3.58. The summed E-state index contributed by atoms with van der Waals surface area (Å²) in [5.74, 6) is 0. The van der Waals surface area contributed by atoms with Gasteiger partial charge in [0, 0.05) is 23.3 Å². The maximum absolute atomic E-state index is 12.6. The molecule has 0 spiro atoms. The number of nitrogens with two attached hydrogens (primary N) is 1. The van der Waals surface area contributed by atoms with E-state index in [1.807, 2.05) is 6.92 Å². The van der Waals surface area contributed by atoms with Gasteiger partial charge in [-0.2, -0.15) is 4.31 Å². The van der Waals surface area contributed by atoms with Crippen LogP contribution in [0.5, 0.6) is 0 Å². The number of anilines is 1. The predicted molar refractivity (Wildman–Crippen MR) is 74.8 cm³/mol. The summed E-state index contributed by atoms with van der Waals surface area (Å²) in [5.41, 5.74) is 6.86. The third-order valence-electron chi connectivity index (χ3n) is 3.27. The van der Waals surface area contributed by atoms with Gasteiger partial charge in [-0.1, -0.05) is 11.6 Å². The van der Waals surface area contributed by atoms with E-state index in [1.54, 1.807) is 6.92 Å². The first kappa shape index (κ1) is 14.6. The van der Waals surface area contributed by atoms with Gasteiger partial charge in [0.2, 0.25) is 10.0 Å². The summed E-state index contributed by atoms with van der Waals surface area (Å²) in [7, 11) is -3.58. The maximum Gasteiger partial charge on any atom is 0.243 e. The molecule has 1 atom stereocenters. The van der Waals surface area contributed by atoms with Crippen LogP contribution in [0.1, 0.15) is 12.5 Å². The molecule has 1 aliphatic heterocycles. The van der Waals surface area contributed by atoms with Gasteiger partial charge in [-0.3, -0.25) is 0 Å². The summed E-state index contributed by atoms with van der Waals surface area (Å²) in [6.07, 6.45) is 0. The summed E-state index contributed by atoms with van der Waals surface area (Å²) in [6.45, 7) is 4.71. The minimum Gasteiger partial charge on any atom is -0.398 e. The highest BCUT2D eigenvalue weighted by atomic mass is 35.5. The Balaban J connectivity index is 2.44. The van der Waals surface area contributed by atoms with Crippen LogP contribution in [0, 0.1) is 6.92 Å². The molecule has 1 fully saturated rings. The van der Waals surface area contributed by atoms with Crippen LogP contribution >= 0.6 is 11.6 Å². The van der Waals surface area contributed by atoms with Crippen molar-refractivity contribution < 1.29 is 13.2 Å². The lowest BCUT2D eigenvalue weighted by atomic mass is 10.2. The Bertz CT molecular complexity index is 566. The molecule has 2 rings (SSSR count). The average Bonchev–Trinajstić information content (AvgIpc) is 2.35. The van der Waals surface area contributed by atoms with Crippen molar-refractivity contribution >= 4 is 27.3 Å². The fourth-order valence-corrected chi connectivity index (χ4v) is 3.98. The molecule has 1 aromatic carbocycles. The summed E-state index contributed by atoms with van der Waals surface area (Å²) in [4.78, 5) is 0.134. The molecule has 0 aliphatic carbocycles. The van der Waals surface area contributed by atoms with Crippen molar-refractivity contribution in [2.75, 3.05) is 25.5 Å². The van der Waals surface area contributed by atoms with Gasteiger partial charge in [0.15, 0.2) is 0 Å². The SMILES string of the molecule is Cc1c(N)cc(S(=O)(=O)N2CCOCC2C)cc1Cl. The Morgan fingerprint density at radius 1 is 1.47 bits per heavy atom. The number of sulfonamides is 1. The lowest BCUT2D eigenvalue weighted by Gasteiger charge is -2.32. The number of ether oxygens (including phenoxy) is 1. The van der Waals surface area contributed by atoms with Crippen molar-refractivity contribution in [2.45, 2.75) is 24.8 Å². The molecule has 1 heterocycles. The second kappa shape index (κ2) is 5.28. The Hall–Kier alpha value is -0.820. The van der Waals surface area contributed by atoms with Crippen molar-refractivity contribution in [3.05, 3.63) is 22.7 Å². The van der Waals surface area contributed by atoms with Crippen LogP contribution in [0.3, 0.4) is 0 Å². The zero-order chi connectivity index (χ0) is 14.2. The minimum absolute atomic E-state index is 0.134. The van der Waals surface area contributed by atoms with E-state index < -0.39 is 10.0 Å². The number of hydrogen-bond donors (Lipinski definition) is 1. The zero-order valence-electron chi connectivity index (χ0n) is 10.9. The van der Waals surface area contributed by atoms with Crippen molar-refractivity contribution in [3.8, 4) is 0 Å². The molecule has 19 heavy (non-hydrogen) atoms. The molecule has 5 nitrogen and oxygen atoms in total. The van der Waals surface area contributed by atoms with Crippen molar-refractivity contribution in [1.82, 2.24) is 4.31 Å². The Labute approximate surface area is 118 Å². The normalized spacial score (nSPS) is 21.5. The molecule has 1 saturated heterocycles. The molecule has 7 heteroatoms. The smallest absolute Gasteiger partial charge is 0.243 e. The fourth-order valence-electron chi connectivity index (χ4n) is 2.03. The van der Waals surface area contributed by atoms with Crippen molar-refractivity contribution in [2.24, 2.45) is 0 Å². The Morgan fingerprint density at radius 2 is 2.16 bits per heavy atom. The van der Waals surface area contributed by atoms with Crippen molar-refractivity contribution in [3.63, 3.8) is 0 Å². The van der Waals surface area contributed by atoms with Gasteiger partial charge in [-0.15, -0.1) is 0 Å². The van der Waals surface area contributed by atoms with Gasteiger partial charge >= 0.3 is 0 Å². The molecule has 1 unspecified atom stereocenters. The number of morpholine rings is 1. The van der Waals surface area contributed by atoms with E-state index in [4.69, 9.17) is 22.1 Å². The third kappa shape index (κ3) is 2.72. The molecule has 0 bridgehead atoms. The maximum atomic E-state index is 12.6. The van der Waals surface area contributed by atoms with E-state index in [9.17, 15) is 8.42 Å². The molecular formula is C12H17ClN2O3S. The highest BCUT2D eigenvalue weighted by Gasteiger charge is 2.32. The highest BCUT2D eigenvalue weighted by Crippen LogP contribution is 2.29. The fraction of sp³-hybridized carbons (Fsp3) is 0.500. The first-order valence-corrected chi connectivity index (χ1v) is 7.81. The number of nitrogen functional groups attached to an aromatic ring is 1. The Morgan fingerprint density at radius 3 is 2.74 bits per heavy atom. The van der Waals surface area contributed by atoms with E-state index in [-0.39, 0.29) is 10.9 Å². The van der Waals surface area contributed by atoms with E-state index in [0.29, 0.717) is 36.0 Å². The molecule has 0 saturated carbocycles. The van der Waals surface area contributed by atoms with E-state index in [2.05, 4.69) is 0 Å². The number of benzene rings is 1. The first-order valence-electron chi connectivity index (χ1n) is 5.99. The highest BCUT2D eigenvalue weighted by molar-refractivity contribution is 7.89. The van der Waals surface area contributed by atoms with E-state index in [1.165, 1.54) is 16.4 Å².